The van der Waals surface area contributed by atoms with Crippen LogP contribution in [0, 0.1) is 12.8 Å². The van der Waals surface area contributed by atoms with Gasteiger partial charge >= 0.3 is 0 Å². The van der Waals surface area contributed by atoms with Gasteiger partial charge in [-0.05, 0) is 44.4 Å². The first-order valence-corrected chi connectivity index (χ1v) is 10.4. The summed E-state index contributed by atoms with van der Waals surface area (Å²) in [6, 6.07) is 5.93. The van der Waals surface area contributed by atoms with Crippen molar-refractivity contribution in [1.82, 2.24) is 14.9 Å². The number of benzene rings is 1. The zero-order chi connectivity index (χ0) is 18.4. The number of hydrogen-bond donors (Lipinski definition) is 2. The monoisotopic (exact) mass is 403 g/mol. The quantitative estimate of drug-likeness (QED) is 0.760. The first-order valence-electron chi connectivity index (χ1n) is 8.88. The summed E-state index contributed by atoms with van der Waals surface area (Å²) in [5.41, 5.74) is 0.992. The number of carbonyl (C=O) groups is 1. The van der Waals surface area contributed by atoms with Crippen molar-refractivity contribution in [2.24, 2.45) is 5.92 Å². The fourth-order valence-electron chi connectivity index (χ4n) is 2.93. The molecule has 1 aromatic carbocycles. The molecule has 26 heavy (non-hydrogen) atoms. The van der Waals surface area contributed by atoms with E-state index in [0.717, 1.165) is 25.1 Å². The van der Waals surface area contributed by atoms with E-state index in [9.17, 15) is 13.2 Å². The maximum Gasteiger partial charge on any atom is 0.241 e. The lowest BCUT2D eigenvalue weighted by atomic mass is 10.0. The Morgan fingerprint density at radius 1 is 1.19 bits per heavy atom. The van der Waals surface area contributed by atoms with E-state index in [1.165, 1.54) is 0 Å². The van der Waals surface area contributed by atoms with Gasteiger partial charge in [0.15, 0.2) is 0 Å². The second-order valence-electron chi connectivity index (χ2n) is 7.05. The van der Waals surface area contributed by atoms with Crippen LogP contribution in [-0.4, -0.2) is 51.4 Å². The number of halogens is 1. The van der Waals surface area contributed by atoms with E-state index < -0.39 is 16.1 Å². The third-order valence-corrected chi connectivity index (χ3v) is 5.77. The summed E-state index contributed by atoms with van der Waals surface area (Å²) in [7, 11) is -3.73. The maximum absolute atomic E-state index is 12.9. The summed E-state index contributed by atoms with van der Waals surface area (Å²) in [5.74, 6) is 0.0767. The van der Waals surface area contributed by atoms with Gasteiger partial charge in [0, 0.05) is 19.6 Å². The first kappa shape index (κ1) is 22.9. The van der Waals surface area contributed by atoms with E-state index in [1.54, 1.807) is 29.2 Å². The largest absolute Gasteiger partial charge is 0.340 e. The van der Waals surface area contributed by atoms with Crippen molar-refractivity contribution >= 4 is 28.3 Å². The standard InChI is InChI=1S/C18H29N3O3S.ClH/c1-14(2)13-17(18(22)21-11-4-9-19-10-12-21)20-25(23,24)16-7-5-15(3)6-8-16;/h5-8,14,17,19-20H,4,9-13H2,1-3H3;1H. The number of aryl methyl sites for hydroxylation is 1. The second kappa shape index (κ2) is 10.3. The summed E-state index contributed by atoms with van der Waals surface area (Å²) >= 11 is 0. The minimum atomic E-state index is -3.73. The number of rotatable bonds is 6. The van der Waals surface area contributed by atoms with Crippen LogP contribution in [0.4, 0.5) is 0 Å². The van der Waals surface area contributed by atoms with Crippen LogP contribution < -0.4 is 10.0 Å². The Labute approximate surface area is 163 Å². The number of hydrogen-bond acceptors (Lipinski definition) is 4. The molecule has 1 fully saturated rings. The van der Waals surface area contributed by atoms with Gasteiger partial charge in [0.2, 0.25) is 15.9 Å². The van der Waals surface area contributed by atoms with E-state index in [2.05, 4.69) is 10.0 Å². The Balaban J connectivity index is 0.00000338. The van der Waals surface area contributed by atoms with E-state index in [4.69, 9.17) is 0 Å². The fourth-order valence-corrected chi connectivity index (χ4v) is 4.13. The van der Waals surface area contributed by atoms with E-state index in [-0.39, 0.29) is 29.1 Å². The molecule has 0 radical (unpaired) electrons. The number of nitrogens with zero attached hydrogens (tertiary/aromatic N) is 1. The van der Waals surface area contributed by atoms with Crippen molar-refractivity contribution in [3.8, 4) is 0 Å². The molecular weight excluding hydrogens is 374 g/mol. The lowest BCUT2D eigenvalue weighted by Crippen LogP contribution is -2.49. The summed E-state index contributed by atoms with van der Waals surface area (Å²) in [4.78, 5) is 14.9. The molecule has 1 aliphatic heterocycles. The highest BCUT2D eigenvalue weighted by atomic mass is 35.5. The Morgan fingerprint density at radius 3 is 2.46 bits per heavy atom. The normalized spacial score (nSPS) is 16.7. The van der Waals surface area contributed by atoms with Gasteiger partial charge in [-0.1, -0.05) is 31.5 Å². The Morgan fingerprint density at radius 2 is 1.85 bits per heavy atom. The van der Waals surface area contributed by atoms with Crippen LogP contribution in [0.1, 0.15) is 32.3 Å². The van der Waals surface area contributed by atoms with Crippen LogP contribution in [0.3, 0.4) is 0 Å². The van der Waals surface area contributed by atoms with Crippen LogP contribution in [0.2, 0.25) is 0 Å². The van der Waals surface area contributed by atoms with Gasteiger partial charge in [0.1, 0.15) is 6.04 Å². The molecule has 1 saturated heterocycles. The molecule has 6 nitrogen and oxygen atoms in total. The molecule has 2 rings (SSSR count). The molecule has 1 amide bonds. The molecule has 1 unspecified atom stereocenters. The van der Waals surface area contributed by atoms with E-state index in [0.29, 0.717) is 19.5 Å². The average Bonchev–Trinajstić information content (AvgIpc) is 2.82. The number of sulfonamides is 1. The number of nitrogens with one attached hydrogen (secondary N) is 2. The molecule has 1 heterocycles. The van der Waals surface area contributed by atoms with Gasteiger partial charge in [0.05, 0.1) is 4.90 Å². The lowest BCUT2D eigenvalue weighted by molar-refractivity contribution is -0.133. The summed E-state index contributed by atoms with van der Waals surface area (Å²) in [6.07, 6.45) is 1.36. The fraction of sp³-hybridized carbons (Fsp3) is 0.611. The Bertz CT molecular complexity index is 669. The van der Waals surface area contributed by atoms with Crippen molar-refractivity contribution in [1.29, 1.82) is 0 Å². The zero-order valence-corrected chi connectivity index (χ0v) is 17.3. The predicted molar refractivity (Wildman–Crippen MR) is 106 cm³/mol. The van der Waals surface area contributed by atoms with Crippen molar-refractivity contribution in [3.63, 3.8) is 0 Å². The first-order chi connectivity index (χ1) is 11.8. The molecule has 0 bridgehead atoms. The average molecular weight is 404 g/mol. The predicted octanol–water partition coefficient (Wildman–Crippen LogP) is 1.93. The molecule has 148 valence electrons. The minimum absolute atomic E-state index is 0. The second-order valence-corrected chi connectivity index (χ2v) is 8.76. The molecule has 8 heteroatoms. The highest BCUT2D eigenvalue weighted by molar-refractivity contribution is 7.89. The topological polar surface area (TPSA) is 78.5 Å². The van der Waals surface area contributed by atoms with E-state index >= 15 is 0 Å². The summed E-state index contributed by atoms with van der Waals surface area (Å²) < 4.78 is 28.0. The number of carbonyl (C=O) groups excluding carboxylic acids is 1. The van der Waals surface area contributed by atoms with Crippen LogP contribution in [0.25, 0.3) is 0 Å². The molecule has 0 aliphatic carbocycles. The van der Waals surface area contributed by atoms with Crippen LogP contribution in [-0.2, 0) is 14.8 Å². The number of amides is 1. The van der Waals surface area contributed by atoms with E-state index in [1.807, 2.05) is 20.8 Å². The molecule has 1 atom stereocenters. The highest BCUT2D eigenvalue weighted by Crippen LogP contribution is 2.15. The van der Waals surface area contributed by atoms with Gasteiger partial charge in [-0.15, -0.1) is 12.4 Å². The molecule has 2 N–H and O–H groups in total. The van der Waals surface area contributed by atoms with Crippen molar-refractivity contribution < 1.29 is 13.2 Å². The zero-order valence-electron chi connectivity index (χ0n) is 15.7. The maximum atomic E-state index is 12.9. The smallest absolute Gasteiger partial charge is 0.241 e. The van der Waals surface area contributed by atoms with Gasteiger partial charge in [-0.3, -0.25) is 4.79 Å². The Kier molecular flexibility index (Phi) is 9.03. The molecule has 1 aliphatic rings. The van der Waals surface area contributed by atoms with Crippen LogP contribution >= 0.6 is 12.4 Å². The van der Waals surface area contributed by atoms with Crippen LogP contribution in [0.5, 0.6) is 0 Å². The van der Waals surface area contributed by atoms with Crippen molar-refractivity contribution in [3.05, 3.63) is 29.8 Å². The SMILES string of the molecule is Cc1ccc(S(=O)(=O)NC(CC(C)C)C(=O)N2CCCNCC2)cc1.Cl. The molecule has 0 spiro atoms. The highest BCUT2D eigenvalue weighted by Gasteiger charge is 2.30. The third-order valence-electron chi connectivity index (χ3n) is 4.29. The minimum Gasteiger partial charge on any atom is -0.340 e. The third kappa shape index (κ3) is 6.54. The molecule has 0 aromatic heterocycles. The van der Waals surface area contributed by atoms with Gasteiger partial charge in [-0.25, -0.2) is 8.42 Å². The summed E-state index contributed by atoms with van der Waals surface area (Å²) in [5, 5.41) is 3.26. The van der Waals surface area contributed by atoms with Gasteiger partial charge in [0.25, 0.3) is 0 Å². The van der Waals surface area contributed by atoms with Gasteiger partial charge < -0.3 is 10.2 Å². The molecule has 1 aromatic rings. The lowest BCUT2D eigenvalue weighted by Gasteiger charge is -2.27. The van der Waals surface area contributed by atoms with Gasteiger partial charge in [-0.2, -0.15) is 4.72 Å². The van der Waals surface area contributed by atoms with Crippen molar-refractivity contribution in [2.45, 2.75) is 44.6 Å². The Hall–Kier alpha value is -1.15. The summed E-state index contributed by atoms with van der Waals surface area (Å²) in [6.45, 7) is 8.78. The van der Waals surface area contributed by atoms with Crippen molar-refractivity contribution in [2.75, 3.05) is 26.2 Å². The molecular formula is C18H30ClN3O3S. The van der Waals surface area contributed by atoms with Crippen LogP contribution in [0.15, 0.2) is 29.2 Å². The molecule has 0 saturated carbocycles.